The Morgan fingerprint density at radius 2 is 1.74 bits per heavy atom. The highest BCUT2D eigenvalue weighted by molar-refractivity contribution is 5.82. The molecule has 5 atom stereocenters. The summed E-state index contributed by atoms with van der Waals surface area (Å²) in [5.74, 6) is 2.26. The van der Waals surface area contributed by atoms with E-state index in [-0.39, 0.29) is 11.9 Å². The number of amides is 1. The molecule has 4 aliphatic rings. The maximum atomic E-state index is 13.4. The van der Waals surface area contributed by atoms with Crippen molar-refractivity contribution in [2.24, 2.45) is 23.2 Å². The Hall–Kier alpha value is -2.25. The first-order chi connectivity index (χ1) is 20.5. The molecule has 4 fully saturated rings. The van der Waals surface area contributed by atoms with Crippen molar-refractivity contribution in [1.29, 1.82) is 0 Å². The van der Waals surface area contributed by atoms with Crippen LogP contribution in [-0.2, 0) is 29.3 Å². The second-order valence-corrected chi connectivity index (χ2v) is 15.0. The molecule has 1 amide bonds. The van der Waals surface area contributed by atoms with E-state index in [9.17, 15) is 4.79 Å². The highest BCUT2D eigenvalue weighted by Gasteiger charge is 2.53. The first kappa shape index (κ1) is 32.2. The van der Waals surface area contributed by atoms with Crippen molar-refractivity contribution in [3.63, 3.8) is 0 Å². The van der Waals surface area contributed by atoms with E-state index in [0.29, 0.717) is 36.6 Å². The first-order valence-corrected chi connectivity index (χ1v) is 16.7. The van der Waals surface area contributed by atoms with Gasteiger partial charge < -0.3 is 10.2 Å². The molecule has 2 aromatic carbocycles. The second-order valence-electron chi connectivity index (χ2n) is 15.0. The molecule has 1 saturated heterocycles. The molecule has 0 radical (unpaired) electrons. The molecule has 43 heavy (non-hydrogen) atoms. The monoisotopic (exact) mass is 588 g/mol. The minimum Gasteiger partial charge on any atom is -0.352 e. The summed E-state index contributed by atoms with van der Waals surface area (Å²) in [6.45, 7) is 15.8. The lowest BCUT2D eigenvalue weighted by Gasteiger charge is -2.59. The molecule has 6 rings (SSSR count). The fraction of sp³-hybridized carbons (Fsp3) is 0.649. The van der Waals surface area contributed by atoms with Gasteiger partial charge in [0.15, 0.2) is 0 Å². The van der Waals surface area contributed by atoms with Gasteiger partial charge in [0.05, 0.1) is 6.61 Å². The van der Waals surface area contributed by atoms with E-state index in [1.165, 1.54) is 28.7 Å². The average molecular weight is 589 g/mol. The number of aryl methyl sites for hydroxylation is 1. The Morgan fingerprint density at radius 1 is 1.02 bits per heavy atom. The molecule has 6 nitrogen and oxygen atoms in total. The topological polar surface area (TPSA) is 48.1 Å². The molecule has 236 valence electrons. The third-order valence-corrected chi connectivity index (χ3v) is 10.6. The Balaban J connectivity index is 1.26. The van der Waals surface area contributed by atoms with Crippen LogP contribution in [0.25, 0.3) is 0 Å². The van der Waals surface area contributed by atoms with Gasteiger partial charge in [-0.05, 0) is 98.5 Å². The molecule has 2 bridgehead atoms. The average Bonchev–Trinajstić information content (AvgIpc) is 3.41. The van der Waals surface area contributed by atoms with Crippen LogP contribution in [0.3, 0.4) is 0 Å². The number of hydrogen-bond donors (Lipinski definition) is 1. The van der Waals surface area contributed by atoms with Crippen LogP contribution in [0.15, 0.2) is 48.5 Å². The number of fused-ring (bicyclic) bond motifs is 2. The molecule has 0 aromatic heterocycles. The number of nitrogens with zero attached hydrogens (tertiary/aromatic N) is 3. The van der Waals surface area contributed by atoms with Crippen molar-refractivity contribution in [2.75, 3.05) is 27.2 Å². The molecule has 2 aromatic rings. The molecule has 3 saturated carbocycles. The van der Waals surface area contributed by atoms with Crippen LogP contribution < -0.4 is 5.32 Å². The van der Waals surface area contributed by atoms with Gasteiger partial charge in [-0.3, -0.25) is 14.5 Å². The highest BCUT2D eigenvalue weighted by atomic mass is 16.7. The van der Waals surface area contributed by atoms with Crippen LogP contribution >= 0.6 is 0 Å². The number of hydrogen-bond acceptors (Lipinski definition) is 5. The molecule has 1 N–H and O–H groups in total. The lowest BCUT2D eigenvalue weighted by atomic mass is 9.48. The zero-order valence-corrected chi connectivity index (χ0v) is 27.8. The quantitative estimate of drug-likeness (QED) is 0.293. The molecule has 1 heterocycles. The smallest absolute Gasteiger partial charge is 0.240 e. The summed E-state index contributed by atoms with van der Waals surface area (Å²) in [6, 6.07) is 18.2. The maximum Gasteiger partial charge on any atom is 0.240 e. The number of rotatable bonds is 13. The maximum absolute atomic E-state index is 13.4. The van der Waals surface area contributed by atoms with Crippen LogP contribution in [0.1, 0.15) is 82.1 Å². The van der Waals surface area contributed by atoms with Crippen LogP contribution in [0, 0.1) is 30.1 Å². The van der Waals surface area contributed by atoms with Gasteiger partial charge in [0.2, 0.25) is 5.91 Å². The molecular formula is C37H56N4O2. The van der Waals surface area contributed by atoms with Gasteiger partial charge in [0.25, 0.3) is 0 Å². The lowest BCUT2D eigenvalue weighted by molar-refractivity contribution is -0.159. The summed E-state index contributed by atoms with van der Waals surface area (Å²) in [6.07, 6.45) is 5.49. The van der Waals surface area contributed by atoms with Crippen LogP contribution in [-0.4, -0.2) is 66.1 Å². The standard InChI is InChI=1S/C37H56N4O2/c1-26(2)17-34(25-39(6)7)40(24-30-14-9-8-11-27(30)3)22-28-12-10-13-29(18-28)23-41-35(15-16-43-41)36(42)38-33-20-31-19-32(21-33)37(31,4)5/h8-14,18,26,31-35H,15-17,19-25H2,1-7H3,(H,38,42)/t31-,32+,33?,34-,35-/m0/s1. The van der Waals surface area contributed by atoms with Gasteiger partial charge in [-0.15, -0.1) is 0 Å². The van der Waals surface area contributed by atoms with E-state index >= 15 is 0 Å². The van der Waals surface area contributed by atoms with Crippen LogP contribution in [0.4, 0.5) is 0 Å². The number of likely N-dealkylation sites (N-methyl/N-ethyl adjacent to an activating group) is 1. The normalized spacial score (nSPS) is 25.7. The summed E-state index contributed by atoms with van der Waals surface area (Å²) in [5.41, 5.74) is 5.69. The minimum atomic E-state index is -0.219. The third-order valence-electron chi connectivity index (χ3n) is 10.6. The van der Waals surface area contributed by atoms with Crippen molar-refractivity contribution in [2.45, 2.75) is 104 Å². The number of hydroxylamine groups is 2. The summed E-state index contributed by atoms with van der Waals surface area (Å²) < 4.78 is 0. The Kier molecular flexibility index (Phi) is 10.3. The molecule has 3 aliphatic carbocycles. The van der Waals surface area contributed by atoms with Gasteiger partial charge in [0.1, 0.15) is 6.04 Å². The van der Waals surface area contributed by atoms with Crippen LogP contribution in [0.5, 0.6) is 0 Å². The molecule has 0 spiro atoms. The van der Waals surface area contributed by atoms with E-state index < -0.39 is 0 Å². The van der Waals surface area contributed by atoms with Gasteiger partial charge in [-0.25, -0.2) is 0 Å². The highest BCUT2D eigenvalue weighted by Crippen LogP contribution is 2.59. The summed E-state index contributed by atoms with van der Waals surface area (Å²) in [4.78, 5) is 24.4. The van der Waals surface area contributed by atoms with Gasteiger partial charge in [0, 0.05) is 38.3 Å². The van der Waals surface area contributed by atoms with E-state index in [2.05, 4.69) is 112 Å². The number of benzene rings is 2. The Labute approximate surface area is 261 Å². The lowest BCUT2D eigenvalue weighted by Crippen LogP contribution is -2.57. The fourth-order valence-corrected chi connectivity index (χ4v) is 7.92. The Morgan fingerprint density at radius 3 is 2.42 bits per heavy atom. The second kappa shape index (κ2) is 13.8. The minimum absolute atomic E-state index is 0.141. The molecular weight excluding hydrogens is 532 g/mol. The van der Waals surface area contributed by atoms with Crippen LogP contribution in [0.2, 0.25) is 0 Å². The first-order valence-electron chi connectivity index (χ1n) is 16.7. The van der Waals surface area contributed by atoms with Crippen molar-refractivity contribution < 1.29 is 9.63 Å². The van der Waals surface area contributed by atoms with Gasteiger partial charge >= 0.3 is 0 Å². The van der Waals surface area contributed by atoms with E-state index in [1.807, 2.05) is 5.06 Å². The third kappa shape index (κ3) is 7.89. The van der Waals surface area contributed by atoms with Crippen molar-refractivity contribution >= 4 is 5.91 Å². The van der Waals surface area contributed by atoms with Gasteiger partial charge in [-0.2, -0.15) is 5.06 Å². The zero-order valence-electron chi connectivity index (χ0n) is 27.8. The predicted molar refractivity (Wildman–Crippen MR) is 175 cm³/mol. The van der Waals surface area contributed by atoms with E-state index in [4.69, 9.17) is 4.84 Å². The Bertz CT molecular complexity index is 1200. The SMILES string of the molecule is Cc1ccccc1CN(Cc1cccc(CN2OCC[C@H]2C(=O)NC2C[C@@H]3C[C@H](C2)C3(C)C)c1)[C@@H](CC(C)C)CN(C)C. The number of nitrogens with one attached hydrogen (secondary N) is 1. The van der Waals surface area contributed by atoms with Gasteiger partial charge in [-0.1, -0.05) is 76.2 Å². The van der Waals surface area contributed by atoms with Crippen molar-refractivity contribution in [3.8, 4) is 0 Å². The molecule has 1 unspecified atom stereocenters. The molecule has 6 heteroatoms. The van der Waals surface area contributed by atoms with Crippen molar-refractivity contribution in [3.05, 3.63) is 70.8 Å². The number of carbonyl (C=O) groups is 1. The summed E-state index contributed by atoms with van der Waals surface area (Å²) in [5, 5.41) is 5.34. The largest absolute Gasteiger partial charge is 0.352 e. The van der Waals surface area contributed by atoms with E-state index in [1.54, 1.807) is 0 Å². The number of carbonyl (C=O) groups excluding carboxylic acids is 1. The van der Waals surface area contributed by atoms with E-state index in [0.717, 1.165) is 57.2 Å². The summed E-state index contributed by atoms with van der Waals surface area (Å²) >= 11 is 0. The zero-order chi connectivity index (χ0) is 30.7. The fourth-order valence-electron chi connectivity index (χ4n) is 7.92. The van der Waals surface area contributed by atoms with Crippen molar-refractivity contribution in [1.82, 2.24) is 20.2 Å². The molecule has 1 aliphatic heterocycles. The predicted octanol–water partition coefficient (Wildman–Crippen LogP) is 6.42. The summed E-state index contributed by atoms with van der Waals surface area (Å²) in [7, 11) is 4.36.